The van der Waals surface area contributed by atoms with Gasteiger partial charge in [0.15, 0.2) is 0 Å². The fourth-order valence-corrected chi connectivity index (χ4v) is 2.49. The summed E-state index contributed by atoms with van der Waals surface area (Å²) in [6, 6.07) is 5.02. The van der Waals surface area contributed by atoms with Crippen LogP contribution in [-0.2, 0) is 4.74 Å². The molecule has 0 aliphatic heterocycles. The van der Waals surface area contributed by atoms with Crippen LogP contribution in [0.4, 0.5) is 0 Å². The lowest BCUT2D eigenvalue weighted by molar-refractivity contribution is 0.0895. The number of amides is 1. The number of hydrogen-bond donors (Lipinski definition) is 1. The number of hydrogen-bond acceptors (Lipinski definition) is 2. The van der Waals surface area contributed by atoms with Crippen molar-refractivity contribution in [2.45, 2.75) is 12.5 Å². The molecule has 0 radical (unpaired) electrons. The number of carbonyl (C=O) groups excluding carboxylic acids is 1. The summed E-state index contributed by atoms with van der Waals surface area (Å²) in [5.41, 5.74) is 0.440. The number of ether oxygens (including phenoxy) is 1. The van der Waals surface area contributed by atoms with Gasteiger partial charge in [-0.05, 0) is 24.6 Å². The highest BCUT2D eigenvalue weighted by atomic mass is 79.9. The Bertz CT molecular complexity index is 409. The van der Waals surface area contributed by atoms with Gasteiger partial charge in [-0.3, -0.25) is 4.79 Å². The summed E-state index contributed by atoms with van der Waals surface area (Å²) >= 11 is 15.0. The standard InChI is InChI=1S/C12H14BrCl2NO2/c1-18-7-9(4-5-14)16-12(17)10-3-2-8(13)6-11(10)15/h2-3,6,9H,4-5,7H2,1H3,(H,16,17). The third-order valence-corrected chi connectivity index (χ3v) is 3.36. The fraction of sp³-hybridized carbons (Fsp3) is 0.417. The summed E-state index contributed by atoms with van der Waals surface area (Å²) in [4.78, 5) is 12.0. The van der Waals surface area contributed by atoms with Crippen LogP contribution in [0, 0.1) is 0 Å². The van der Waals surface area contributed by atoms with Crippen molar-refractivity contribution in [3.63, 3.8) is 0 Å². The van der Waals surface area contributed by atoms with Crippen LogP contribution in [-0.4, -0.2) is 31.5 Å². The first-order valence-corrected chi connectivity index (χ1v) is 7.09. The zero-order valence-corrected chi connectivity index (χ0v) is 13.0. The molecule has 0 bridgehead atoms. The molecule has 0 fully saturated rings. The van der Waals surface area contributed by atoms with Gasteiger partial charge in [-0.1, -0.05) is 27.5 Å². The van der Waals surface area contributed by atoms with Crippen molar-refractivity contribution in [3.05, 3.63) is 33.3 Å². The molecule has 1 aromatic rings. The summed E-state index contributed by atoms with van der Waals surface area (Å²) < 4.78 is 5.86. The molecular weight excluding hydrogens is 341 g/mol. The van der Waals surface area contributed by atoms with E-state index in [9.17, 15) is 4.79 Å². The van der Waals surface area contributed by atoms with Crippen LogP contribution in [0.2, 0.25) is 5.02 Å². The van der Waals surface area contributed by atoms with Gasteiger partial charge in [0.25, 0.3) is 5.91 Å². The van der Waals surface area contributed by atoms with E-state index < -0.39 is 0 Å². The van der Waals surface area contributed by atoms with Gasteiger partial charge in [0.2, 0.25) is 0 Å². The van der Waals surface area contributed by atoms with Crippen molar-refractivity contribution in [2.24, 2.45) is 0 Å². The van der Waals surface area contributed by atoms with Gasteiger partial charge in [-0.2, -0.15) is 0 Å². The van der Waals surface area contributed by atoms with Crippen molar-refractivity contribution in [1.29, 1.82) is 0 Å². The molecule has 0 aromatic heterocycles. The smallest absolute Gasteiger partial charge is 0.253 e. The predicted octanol–water partition coefficient (Wildman–Crippen LogP) is 3.48. The van der Waals surface area contributed by atoms with Gasteiger partial charge in [0, 0.05) is 17.5 Å². The lowest BCUT2D eigenvalue weighted by atomic mass is 10.1. The van der Waals surface area contributed by atoms with Crippen LogP contribution < -0.4 is 5.32 Å². The first-order chi connectivity index (χ1) is 8.58. The molecule has 0 saturated heterocycles. The number of nitrogens with one attached hydrogen (secondary N) is 1. The largest absolute Gasteiger partial charge is 0.383 e. The topological polar surface area (TPSA) is 38.3 Å². The maximum atomic E-state index is 12.0. The second-order valence-corrected chi connectivity index (χ2v) is 5.43. The monoisotopic (exact) mass is 353 g/mol. The highest BCUT2D eigenvalue weighted by Gasteiger charge is 2.15. The molecule has 1 unspecified atom stereocenters. The summed E-state index contributed by atoms with van der Waals surface area (Å²) in [5.74, 6) is 0.238. The van der Waals surface area contributed by atoms with E-state index in [2.05, 4.69) is 21.2 Å². The lowest BCUT2D eigenvalue weighted by Crippen LogP contribution is -2.38. The summed E-state index contributed by atoms with van der Waals surface area (Å²) in [5, 5.41) is 3.25. The van der Waals surface area contributed by atoms with Crippen molar-refractivity contribution in [3.8, 4) is 0 Å². The molecule has 1 atom stereocenters. The first-order valence-electron chi connectivity index (χ1n) is 5.39. The van der Waals surface area contributed by atoms with E-state index in [1.54, 1.807) is 25.3 Å². The molecule has 0 aliphatic carbocycles. The third-order valence-electron chi connectivity index (χ3n) is 2.34. The number of benzene rings is 1. The fourth-order valence-electron chi connectivity index (χ4n) is 1.47. The van der Waals surface area contributed by atoms with E-state index >= 15 is 0 Å². The Morgan fingerprint density at radius 1 is 1.56 bits per heavy atom. The minimum Gasteiger partial charge on any atom is -0.383 e. The second kappa shape index (κ2) is 8.00. The van der Waals surface area contributed by atoms with E-state index in [-0.39, 0.29) is 11.9 Å². The molecule has 1 aromatic carbocycles. The lowest BCUT2D eigenvalue weighted by Gasteiger charge is -2.17. The number of methoxy groups -OCH3 is 1. The van der Waals surface area contributed by atoms with Gasteiger partial charge in [0.05, 0.1) is 23.2 Å². The Morgan fingerprint density at radius 2 is 2.28 bits per heavy atom. The number of rotatable bonds is 6. The Hall–Kier alpha value is -0.290. The van der Waals surface area contributed by atoms with Crippen molar-refractivity contribution < 1.29 is 9.53 Å². The summed E-state index contributed by atoms with van der Waals surface area (Å²) in [7, 11) is 1.58. The quantitative estimate of drug-likeness (QED) is 0.794. The van der Waals surface area contributed by atoms with Crippen molar-refractivity contribution in [2.75, 3.05) is 19.6 Å². The van der Waals surface area contributed by atoms with E-state index in [0.717, 1.165) is 4.47 Å². The van der Waals surface area contributed by atoms with Gasteiger partial charge < -0.3 is 10.1 Å². The van der Waals surface area contributed by atoms with Gasteiger partial charge in [-0.25, -0.2) is 0 Å². The number of carbonyl (C=O) groups is 1. The second-order valence-electron chi connectivity index (χ2n) is 3.73. The van der Waals surface area contributed by atoms with Gasteiger partial charge in [0.1, 0.15) is 0 Å². The van der Waals surface area contributed by atoms with Gasteiger partial charge in [-0.15, -0.1) is 11.6 Å². The first kappa shape index (κ1) is 15.8. The SMILES string of the molecule is COCC(CCCl)NC(=O)c1ccc(Br)cc1Cl. The van der Waals surface area contributed by atoms with E-state index in [4.69, 9.17) is 27.9 Å². The predicted molar refractivity (Wildman–Crippen MR) is 77.6 cm³/mol. The van der Waals surface area contributed by atoms with Crippen molar-refractivity contribution >= 4 is 45.0 Å². The third kappa shape index (κ3) is 4.76. The average molecular weight is 355 g/mol. The zero-order valence-electron chi connectivity index (χ0n) is 9.88. The molecule has 100 valence electrons. The molecule has 6 heteroatoms. The number of halogens is 3. The molecule has 0 saturated carbocycles. The molecule has 1 amide bonds. The van der Waals surface area contributed by atoms with Crippen LogP contribution >= 0.6 is 39.1 Å². The van der Waals surface area contributed by atoms with Crippen LogP contribution in [0.25, 0.3) is 0 Å². The highest BCUT2D eigenvalue weighted by Crippen LogP contribution is 2.21. The molecule has 3 nitrogen and oxygen atoms in total. The van der Waals surface area contributed by atoms with Crippen LogP contribution in [0.5, 0.6) is 0 Å². The normalized spacial score (nSPS) is 12.2. The van der Waals surface area contributed by atoms with Crippen LogP contribution in [0.15, 0.2) is 22.7 Å². The molecule has 0 aliphatic rings. The van der Waals surface area contributed by atoms with Crippen molar-refractivity contribution in [1.82, 2.24) is 5.32 Å². The number of alkyl halides is 1. The highest BCUT2D eigenvalue weighted by molar-refractivity contribution is 9.10. The molecule has 18 heavy (non-hydrogen) atoms. The molecule has 1 N–H and O–H groups in total. The minimum atomic E-state index is -0.223. The van der Waals surface area contributed by atoms with E-state index in [1.807, 2.05) is 0 Å². The minimum absolute atomic E-state index is 0.111. The Balaban J connectivity index is 2.73. The Labute approximate surface area is 125 Å². The Morgan fingerprint density at radius 3 is 2.83 bits per heavy atom. The molecule has 0 heterocycles. The maximum Gasteiger partial charge on any atom is 0.253 e. The summed E-state index contributed by atoms with van der Waals surface area (Å²) in [6.07, 6.45) is 0.648. The van der Waals surface area contributed by atoms with Gasteiger partial charge >= 0.3 is 0 Å². The molecule has 1 rings (SSSR count). The van der Waals surface area contributed by atoms with Crippen LogP contribution in [0.3, 0.4) is 0 Å². The van der Waals surface area contributed by atoms with Crippen LogP contribution in [0.1, 0.15) is 16.8 Å². The van der Waals surface area contributed by atoms with E-state index in [1.165, 1.54) is 0 Å². The maximum absolute atomic E-state index is 12.0. The molecule has 0 spiro atoms. The van der Waals surface area contributed by atoms with E-state index in [0.29, 0.717) is 29.5 Å². The summed E-state index contributed by atoms with van der Waals surface area (Å²) in [6.45, 7) is 0.423. The average Bonchev–Trinajstić information content (AvgIpc) is 2.29. The zero-order chi connectivity index (χ0) is 13.5. The molecular formula is C12H14BrCl2NO2. The Kier molecular flexibility index (Phi) is 7.00.